The van der Waals surface area contributed by atoms with Crippen molar-refractivity contribution in [1.29, 1.82) is 0 Å². The zero-order valence-electron chi connectivity index (χ0n) is 2.75. The van der Waals surface area contributed by atoms with Gasteiger partial charge in [0.2, 0.25) is 0 Å². The van der Waals surface area contributed by atoms with Crippen molar-refractivity contribution in [2.75, 3.05) is 0 Å². The second-order valence-corrected chi connectivity index (χ2v) is 0. The van der Waals surface area contributed by atoms with Crippen LogP contribution in [0.5, 0.6) is 0 Å². The number of hydrogen-bond donors (Lipinski definition) is 0. The third kappa shape index (κ3) is 23.9. The van der Waals surface area contributed by atoms with Crippen LogP contribution in [0.1, 0.15) is 0 Å². The third-order valence-electron chi connectivity index (χ3n) is 0. The second-order valence-electron chi connectivity index (χ2n) is 0. The normalized spacial score (nSPS) is 1.60. The van der Waals surface area contributed by atoms with Crippen LogP contribution in [0.3, 0.4) is 0 Å². The van der Waals surface area contributed by atoms with Crippen LogP contribution in [-0.4, -0.2) is 17.6 Å². The summed E-state index contributed by atoms with van der Waals surface area (Å²) >= 11 is 0. The number of rotatable bonds is 0. The van der Waals surface area contributed by atoms with Crippen LogP contribution in [-0.2, 0) is 55.3 Å². The molecule has 0 bridgehead atoms. The molecule has 0 saturated carbocycles. The minimum atomic E-state index is 0. The van der Waals surface area contributed by atoms with E-state index in [4.69, 9.17) is 0 Å². The Morgan fingerprint density at radius 1 is 1.20 bits per heavy atom. The van der Waals surface area contributed by atoms with Gasteiger partial charge < -0.3 is 0 Å². The molecule has 5 heavy (non-hydrogen) atoms. The molecule has 0 aliphatic carbocycles. The van der Waals surface area contributed by atoms with E-state index >= 15 is 0 Å². The summed E-state index contributed by atoms with van der Waals surface area (Å²) in [5.41, 5.74) is 0. The fourth-order valence-electron chi connectivity index (χ4n) is 0. The van der Waals surface area contributed by atoms with Crippen LogP contribution in [0.4, 0.5) is 0 Å². The molecule has 0 amide bonds. The Balaban J connectivity index is -0.00000000167. The summed E-state index contributed by atoms with van der Waals surface area (Å²) in [6, 6.07) is 0. The largest absolute Gasteiger partial charge is 0.0434 e. The molecule has 0 aromatic heterocycles. The molecule has 0 rings (SSSR count). The van der Waals surface area contributed by atoms with Crippen molar-refractivity contribution in [2.24, 2.45) is 0 Å². The van der Waals surface area contributed by atoms with Gasteiger partial charge in [0.15, 0.2) is 0 Å². The van der Waals surface area contributed by atoms with Crippen molar-refractivity contribution in [1.82, 2.24) is 0 Å². The average Bonchev–Trinajstić information content (AvgIpc) is 1.00. The molecule has 0 unspecified atom stereocenters. The number of hydrogen-bond acceptors (Lipinski definition) is 0. The molecule has 0 aromatic carbocycles. The molecule has 0 aromatic rings. The van der Waals surface area contributed by atoms with E-state index in [0.29, 0.717) is 0 Å². The average molecular weight is 204 g/mol. The van der Waals surface area contributed by atoms with Gasteiger partial charge >= 0.3 is 0 Å². The molecule has 0 heterocycles. The van der Waals surface area contributed by atoms with Gasteiger partial charge in [0.05, 0.1) is 0 Å². The van der Waals surface area contributed by atoms with E-state index in [9.17, 15) is 0 Å². The van der Waals surface area contributed by atoms with Crippen LogP contribution >= 0.6 is 0 Å². The van der Waals surface area contributed by atoms with Gasteiger partial charge in [-0.15, -0.1) is 0 Å². The van der Waals surface area contributed by atoms with E-state index in [1.165, 1.54) is 0 Å². The Hall–Kier alpha value is 2.01. The molecular formula is H3BFeNiSiTi. The van der Waals surface area contributed by atoms with Crippen LogP contribution in [0.2, 0.25) is 0 Å². The Morgan fingerprint density at radius 3 is 1.20 bits per heavy atom. The van der Waals surface area contributed by atoms with Crippen molar-refractivity contribution >= 4 is 17.6 Å². The van der Waals surface area contributed by atoms with Gasteiger partial charge in [-0.2, -0.15) is 0 Å². The van der Waals surface area contributed by atoms with Gasteiger partial charge in [0.1, 0.15) is 0 Å². The van der Waals surface area contributed by atoms with Gasteiger partial charge in [-0.1, -0.05) is 0 Å². The van der Waals surface area contributed by atoms with E-state index in [0.717, 1.165) is 10.1 Å². The fourth-order valence-corrected chi connectivity index (χ4v) is 0. The minimum Gasteiger partial charge on any atom is -0.0388 e. The minimum absolute atomic E-state index is 0. The molecule has 2 radical (unpaired) electrons. The molecule has 5 heteroatoms. The maximum atomic E-state index is 4.64. The zero-order valence-corrected chi connectivity index (χ0v) is 8.40. The molecule has 0 aliphatic rings. The zero-order chi connectivity index (χ0) is 2.00. The summed E-state index contributed by atoms with van der Waals surface area (Å²) in [5, 5.41) is 0. The van der Waals surface area contributed by atoms with E-state index in [1.54, 1.807) is 0 Å². The van der Waals surface area contributed by atoms with Crippen molar-refractivity contribution in [3.63, 3.8) is 0 Å². The monoisotopic (exact) mass is 204 g/mol. The summed E-state index contributed by atoms with van der Waals surface area (Å²) in [4.78, 5) is 0. The first kappa shape index (κ1) is 28.0. The van der Waals surface area contributed by atoms with Gasteiger partial charge in [-0.25, -0.2) is 0 Å². The summed E-state index contributed by atoms with van der Waals surface area (Å²) in [5.74, 6) is 0. The van der Waals surface area contributed by atoms with Crippen LogP contribution < -0.4 is 0 Å². The fraction of sp³-hybridized carbons (Fsp3) is 0. The van der Waals surface area contributed by atoms with Gasteiger partial charge in [0, 0.05) is 62.7 Å². The Kier molecular flexibility index (Phi) is 209. The third-order valence-corrected chi connectivity index (χ3v) is 0. The van der Waals surface area contributed by atoms with Gasteiger partial charge in [0.25, 0.3) is 0 Å². The maximum absolute atomic E-state index is 4.64. The summed E-state index contributed by atoms with van der Waals surface area (Å²) in [7, 11) is 5.44. The predicted molar refractivity (Wildman–Crippen MR) is 15.7 cm³/mol. The first-order valence-corrected chi connectivity index (χ1v) is 1.73. The van der Waals surface area contributed by atoms with Gasteiger partial charge in [-0.05, 0) is 10.1 Å². The van der Waals surface area contributed by atoms with E-state index in [2.05, 4.69) is 7.44 Å². The molecule has 0 aliphatic heterocycles. The van der Waals surface area contributed by atoms with E-state index < -0.39 is 0 Å². The molecule has 32 valence electrons. The van der Waals surface area contributed by atoms with Crippen LogP contribution in [0.15, 0.2) is 0 Å². The van der Waals surface area contributed by atoms with E-state index in [1.807, 2.05) is 0 Å². The molecule has 0 atom stereocenters. The summed E-state index contributed by atoms with van der Waals surface area (Å²) < 4.78 is 0. The Morgan fingerprint density at radius 2 is 1.20 bits per heavy atom. The van der Waals surface area contributed by atoms with Crippen LogP contribution in [0, 0.1) is 0 Å². The van der Waals surface area contributed by atoms with Crippen molar-refractivity contribution in [3.8, 4) is 0 Å². The molecule has 0 N–H and O–H groups in total. The molecule has 0 saturated heterocycles. The van der Waals surface area contributed by atoms with Gasteiger partial charge in [-0.3, -0.25) is 0 Å². The van der Waals surface area contributed by atoms with Crippen molar-refractivity contribution in [3.05, 3.63) is 0 Å². The standard InChI is InChI=1S/BH3Si.Fe.Ni.Ti/c1-2;;;/h2H3;;;. The smallest absolute Gasteiger partial charge is 0.0388 e. The first-order valence-electron chi connectivity index (χ1n) is 0.577. The van der Waals surface area contributed by atoms with Crippen molar-refractivity contribution < 1.29 is 55.3 Å². The van der Waals surface area contributed by atoms with E-state index in [-0.39, 0.29) is 55.3 Å². The predicted octanol–water partition coefficient (Wildman–Crippen LogP) is -1.57. The van der Waals surface area contributed by atoms with Crippen molar-refractivity contribution in [2.45, 2.75) is 0 Å². The second kappa shape index (κ2) is 37.4. The first-order chi connectivity index (χ1) is 1.00. The summed E-state index contributed by atoms with van der Waals surface area (Å²) in [6.45, 7) is 0. The molecular weight excluding hydrogens is 201 g/mol. The van der Waals surface area contributed by atoms with Crippen LogP contribution in [0.25, 0.3) is 0 Å². The molecule has 0 nitrogen and oxygen atoms in total. The molecule has 0 fully saturated rings. The Labute approximate surface area is 72.3 Å². The molecule has 0 spiro atoms. The quantitative estimate of drug-likeness (QED) is 0.418. The Bertz CT molecular complexity index is 11.6. The SMILES string of the molecule is [B][SiH3].[Fe].[Ni].[Ti]. The topological polar surface area (TPSA) is 0 Å². The summed E-state index contributed by atoms with van der Waals surface area (Å²) in [6.07, 6.45) is 0. The maximum Gasteiger partial charge on any atom is 0.0434 e.